The van der Waals surface area contributed by atoms with Gasteiger partial charge in [0.05, 0.1) is 6.04 Å². The van der Waals surface area contributed by atoms with Crippen molar-refractivity contribution in [3.05, 3.63) is 35.4 Å². The predicted molar refractivity (Wildman–Crippen MR) is 80.5 cm³/mol. The Hall–Kier alpha value is -1.06. The van der Waals surface area contributed by atoms with Gasteiger partial charge >= 0.3 is 0 Å². The third-order valence-corrected chi connectivity index (χ3v) is 3.52. The Bertz CT molecular complexity index is 399. The molecule has 1 aromatic rings. The average Bonchev–Trinajstić information content (AvgIpc) is 2.41. The number of benzene rings is 1. The van der Waals surface area contributed by atoms with Gasteiger partial charge in [0.15, 0.2) is 0 Å². The first-order valence-electron chi connectivity index (χ1n) is 6.71. The molecule has 0 saturated carbocycles. The number of piperidine rings is 1. The van der Waals surface area contributed by atoms with Crippen molar-refractivity contribution in [1.29, 1.82) is 0 Å². The van der Waals surface area contributed by atoms with Crippen LogP contribution in [0, 0.1) is 6.92 Å². The third-order valence-electron chi connectivity index (χ3n) is 3.52. The molecular weight excluding hydrogens is 260 g/mol. The monoisotopic (exact) mass is 282 g/mol. The van der Waals surface area contributed by atoms with Crippen LogP contribution in [0.25, 0.3) is 0 Å². The van der Waals surface area contributed by atoms with E-state index in [1.54, 1.807) is 0 Å². The number of hydrogen-bond donors (Lipinski definition) is 1. The molecule has 1 aromatic carbocycles. The lowest BCUT2D eigenvalue weighted by molar-refractivity contribution is -0.133. The number of hydrogen-bond acceptors (Lipinski definition) is 2. The maximum Gasteiger partial charge on any atom is 0.239 e. The molecule has 0 aromatic heterocycles. The highest BCUT2D eigenvalue weighted by Gasteiger charge is 2.23. The molecule has 106 valence electrons. The molecule has 1 aliphatic rings. The van der Waals surface area contributed by atoms with Crippen LogP contribution >= 0.6 is 12.4 Å². The summed E-state index contributed by atoms with van der Waals surface area (Å²) in [5, 5.41) is 3.30. The van der Waals surface area contributed by atoms with Crippen LogP contribution in [-0.4, -0.2) is 30.4 Å². The van der Waals surface area contributed by atoms with Crippen molar-refractivity contribution in [2.75, 3.05) is 13.6 Å². The Morgan fingerprint density at radius 3 is 2.58 bits per heavy atom. The lowest BCUT2D eigenvalue weighted by Gasteiger charge is -2.27. The van der Waals surface area contributed by atoms with E-state index in [4.69, 9.17) is 0 Å². The smallest absolute Gasteiger partial charge is 0.239 e. The van der Waals surface area contributed by atoms with E-state index in [2.05, 4.69) is 36.5 Å². The number of carbonyl (C=O) groups is 1. The van der Waals surface area contributed by atoms with Crippen LogP contribution in [0.4, 0.5) is 0 Å². The van der Waals surface area contributed by atoms with Gasteiger partial charge < -0.3 is 10.2 Å². The Morgan fingerprint density at radius 1 is 1.32 bits per heavy atom. The predicted octanol–water partition coefficient (Wildman–Crippen LogP) is 2.52. The molecular formula is C15H23ClN2O. The molecule has 4 heteroatoms. The van der Waals surface area contributed by atoms with E-state index >= 15 is 0 Å². The largest absolute Gasteiger partial charge is 0.340 e. The quantitative estimate of drug-likeness (QED) is 0.924. The molecule has 1 saturated heterocycles. The van der Waals surface area contributed by atoms with Gasteiger partial charge in [-0.3, -0.25) is 4.79 Å². The SMILES string of the molecule is Cc1ccc(CN(C)C(=O)C2CCCCN2)cc1.Cl. The minimum atomic E-state index is 0. The summed E-state index contributed by atoms with van der Waals surface area (Å²) in [6, 6.07) is 8.38. The van der Waals surface area contributed by atoms with E-state index in [0.29, 0.717) is 6.54 Å². The molecule has 1 aliphatic heterocycles. The molecule has 0 aliphatic carbocycles. The lowest BCUT2D eigenvalue weighted by atomic mass is 10.0. The van der Waals surface area contributed by atoms with E-state index < -0.39 is 0 Å². The Balaban J connectivity index is 0.00000180. The summed E-state index contributed by atoms with van der Waals surface area (Å²) >= 11 is 0. The van der Waals surface area contributed by atoms with Gasteiger partial charge in [0.1, 0.15) is 0 Å². The maximum atomic E-state index is 12.2. The minimum Gasteiger partial charge on any atom is -0.340 e. The number of amides is 1. The first-order chi connectivity index (χ1) is 8.66. The summed E-state index contributed by atoms with van der Waals surface area (Å²) in [6.45, 7) is 3.73. The molecule has 0 radical (unpaired) electrons. The molecule has 0 bridgehead atoms. The van der Waals surface area contributed by atoms with Crippen molar-refractivity contribution in [3.8, 4) is 0 Å². The standard InChI is InChI=1S/C15H22N2O.ClH/c1-12-6-8-13(9-7-12)11-17(2)15(18)14-5-3-4-10-16-14;/h6-9,14,16H,3-5,10-11H2,1-2H3;1H. The Labute approximate surface area is 121 Å². The molecule has 3 nitrogen and oxygen atoms in total. The van der Waals surface area contributed by atoms with Crippen LogP contribution in [0.3, 0.4) is 0 Å². The Morgan fingerprint density at radius 2 is 2.00 bits per heavy atom. The zero-order valence-corrected chi connectivity index (χ0v) is 12.5. The summed E-state index contributed by atoms with van der Waals surface area (Å²) in [6.07, 6.45) is 3.31. The Kier molecular flexibility index (Phi) is 6.32. The van der Waals surface area contributed by atoms with E-state index in [0.717, 1.165) is 19.4 Å². The molecule has 0 spiro atoms. The highest BCUT2D eigenvalue weighted by molar-refractivity contribution is 5.85. The average molecular weight is 283 g/mol. The van der Waals surface area contributed by atoms with Crippen LogP contribution in [0.2, 0.25) is 0 Å². The normalized spacial score (nSPS) is 18.5. The zero-order chi connectivity index (χ0) is 13.0. The van der Waals surface area contributed by atoms with E-state index in [1.165, 1.54) is 17.5 Å². The minimum absolute atomic E-state index is 0. The molecule has 1 fully saturated rings. The topological polar surface area (TPSA) is 32.3 Å². The van der Waals surface area contributed by atoms with Gasteiger partial charge in [-0.05, 0) is 31.9 Å². The van der Waals surface area contributed by atoms with Crippen LogP contribution in [0.15, 0.2) is 24.3 Å². The van der Waals surface area contributed by atoms with Crippen LogP contribution in [-0.2, 0) is 11.3 Å². The van der Waals surface area contributed by atoms with Gasteiger partial charge in [0, 0.05) is 13.6 Å². The summed E-state index contributed by atoms with van der Waals surface area (Å²) < 4.78 is 0. The fourth-order valence-electron chi connectivity index (χ4n) is 2.37. The molecule has 2 rings (SSSR count). The molecule has 1 N–H and O–H groups in total. The number of halogens is 1. The van der Waals surface area contributed by atoms with Crippen LogP contribution in [0.5, 0.6) is 0 Å². The second-order valence-electron chi connectivity index (χ2n) is 5.18. The number of likely N-dealkylation sites (N-methyl/N-ethyl adjacent to an activating group) is 1. The summed E-state index contributed by atoms with van der Waals surface area (Å²) in [7, 11) is 1.89. The molecule has 1 heterocycles. The summed E-state index contributed by atoms with van der Waals surface area (Å²) in [4.78, 5) is 14.1. The van der Waals surface area contributed by atoms with Gasteiger partial charge in [-0.1, -0.05) is 36.2 Å². The van der Waals surface area contributed by atoms with E-state index in [1.807, 2.05) is 11.9 Å². The van der Waals surface area contributed by atoms with Crippen molar-refractivity contribution >= 4 is 18.3 Å². The molecule has 19 heavy (non-hydrogen) atoms. The maximum absolute atomic E-state index is 12.2. The van der Waals surface area contributed by atoms with Gasteiger partial charge in [-0.15, -0.1) is 12.4 Å². The number of carbonyl (C=O) groups excluding carboxylic acids is 1. The van der Waals surface area contributed by atoms with Gasteiger partial charge in [0.2, 0.25) is 5.91 Å². The third kappa shape index (κ3) is 4.51. The van der Waals surface area contributed by atoms with Gasteiger partial charge in [0.25, 0.3) is 0 Å². The van der Waals surface area contributed by atoms with Crippen molar-refractivity contribution in [2.45, 2.75) is 38.8 Å². The van der Waals surface area contributed by atoms with E-state index in [9.17, 15) is 4.79 Å². The van der Waals surface area contributed by atoms with Crippen molar-refractivity contribution < 1.29 is 4.79 Å². The zero-order valence-electron chi connectivity index (χ0n) is 11.7. The number of aryl methyl sites for hydroxylation is 1. The first-order valence-corrected chi connectivity index (χ1v) is 6.71. The number of nitrogens with one attached hydrogen (secondary N) is 1. The fourth-order valence-corrected chi connectivity index (χ4v) is 2.37. The first kappa shape index (κ1) is 16.0. The van der Waals surface area contributed by atoms with Crippen LogP contribution in [0.1, 0.15) is 30.4 Å². The molecule has 1 unspecified atom stereocenters. The van der Waals surface area contributed by atoms with Crippen molar-refractivity contribution in [2.24, 2.45) is 0 Å². The van der Waals surface area contributed by atoms with E-state index in [-0.39, 0.29) is 24.4 Å². The van der Waals surface area contributed by atoms with Crippen molar-refractivity contribution in [3.63, 3.8) is 0 Å². The van der Waals surface area contributed by atoms with Crippen molar-refractivity contribution in [1.82, 2.24) is 10.2 Å². The summed E-state index contributed by atoms with van der Waals surface area (Å²) in [5.74, 6) is 0.218. The van der Waals surface area contributed by atoms with Gasteiger partial charge in [-0.2, -0.15) is 0 Å². The van der Waals surface area contributed by atoms with Gasteiger partial charge in [-0.25, -0.2) is 0 Å². The second-order valence-corrected chi connectivity index (χ2v) is 5.18. The fraction of sp³-hybridized carbons (Fsp3) is 0.533. The lowest BCUT2D eigenvalue weighted by Crippen LogP contribution is -2.46. The molecule has 1 atom stereocenters. The summed E-state index contributed by atoms with van der Waals surface area (Å²) in [5.41, 5.74) is 2.44. The number of rotatable bonds is 3. The van der Waals surface area contributed by atoms with Crippen LogP contribution < -0.4 is 5.32 Å². The highest BCUT2D eigenvalue weighted by atomic mass is 35.5. The number of nitrogens with zero attached hydrogens (tertiary/aromatic N) is 1. The molecule has 1 amide bonds. The highest BCUT2D eigenvalue weighted by Crippen LogP contribution is 2.11. The second kappa shape index (κ2) is 7.51.